The Hall–Kier alpha value is -2.41. The maximum atomic E-state index is 12.4. The van der Waals surface area contributed by atoms with Gasteiger partial charge < -0.3 is 5.11 Å². The van der Waals surface area contributed by atoms with E-state index in [9.17, 15) is 18.3 Å². The number of halogens is 3. The van der Waals surface area contributed by atoms with Gasteiger partial charge in [0.1, 0.15) is 5.75 Å². The van der Waals surface area contributed by atoms with Crippen molar-refractivity contribution in [2.45, 2.75) is 6.18 Å². The third kappa shape index (κ3) is 3.52. The molecule has 0 saturated heterocycles. The summed E-state index contributed by atoms with van der Waals surface area (Å²) in [5.41, 5.74) is 0.381. The van der Waals surface area contributed by atoms with E-state index in [0.29, 0.717) is 11.1 Å². The van der Waals surface area contributed by atoms with Gasteiger partial charge in [0.2, 0.25) is 0 Å². The molecule has 0 radical (unpaired) electrons. The molecule has 0 unspecified atom stereocenters. The van der Waals surface area contributed by atoms with Crippen LogP contribution in [0, 0.1) is 11.8 Å². The second kappa shape index (κ2) is 5.07. The lowest BCUT2D eigenvalue weighted by atomic mass is 10.1. The quantitative estimate of drug-likeness (QED) is 0.716. The fourth-order valence-corrected chi connectivity index (χ4v) is 1.47. The topological polar surface area (TPSA) is 20.2 Å². The molecule has 0 fully saturated rings. The van der Waals surface area contributed by atoms with Gasteiger partial charge in [0.05, 0.1) is 5.56 Å². The average molecular weight is 262 g/mol. The summed E-state index contributed by atoms with van der Waals surface area (Å²) in [4.78, 5) is 0. The van der Waals surface area contributed by atoms with Crippen molar-refractivity contribution < 1.29 is 18.3 Å². The monoisotopic (exact) mass is 262 g/mol. The lowest BCUT2D eigenvalue weighted by Gasteiger charge is -2.05. The Labute approximate surface area is 108 Å². The zero-order valence-electron chi connectivity index (χ0n) is 9.70. The zero-order chi connectivity index (χ0) is 13.9. The van der Waals surface area contributed by atoms with Crippen molar-refractivity contribution in [2.24, 2.45) is 0 Å². The van der Waals surface area contributed by atoms with Crippen molar-refractivity contribution in [1.82, 2.24) is 0 Å². The minimum Gasteiger partial charge on any atom is -0.508 e. The van der Waals surface area contributed by atoms with E-state index in [1.54, 1.807) is 12.1 Å². The van der Waals surface area contributed by atoms with Gasteiger partial charge in [-0.1, -0.05) is 17.9 Å². The maximum Gasteiger partial charge on any atom is 0.416 e. The third-order valence-electron chi connectivity index (χ3n) is 2.41. The van der Waals surface area contributed by atoms with Crippen molar-refractivity contribution in [2.75, 3.05) is 0 Å². The van der Waals surface area contributed by atoms with Crippen LogP contribution < -0.4 is 0 Å². The highest BCUT2D eigenvalue weighted by Gasteiger charge is 2.29. The average Bonchev–Trinajstić information content (AvgIpc) is 2.36. The molecule has 0 spiro atoms. The van der Waals surface area contributed by atoms with Crippen molar-refractivity contribution in [3.8, 4) is 17.6 Å². The van der Waals surface area contributed by atoms with E-state index in [1.807, 2.05) is 0 Å². The van der Waals surface area contributed by atoms with E-state index in [1.165, 1.54) is 24.3 Å². The molecule has 0 aromatic heterocycles. The number of benzene rings is 2. The van der Waals surface area contributed by atoms with E-state index >= 15 is 0 Å². The Balaban J connectivity index is 2.21. The van der Waals surface area contributed by atoms with Gasteiger partial charge in [0, 0.05) is 11.1 Å². The van der Waals surface area contributed by atoms with Gasteiger partial charge >= 0.3 is 6.18 Å². The smallest absolute Gasteiger partial charge is 0.416 e. The first kappa shape index (κ1) is 13.0. The third-order valence-corrected chi connectivity index (χ3v) is 2.41. The van der Waals surface area contributed by atoms with Gasteiger partial charge in [-0.25, -0.2) is 0 Å². The molecule has 2 rings (SSSR count). The van der Waals surface area contributed by atoms with E-state index in [2.05, 4.69) is 11.8 Å². The Morgan fingerprint density at radius 1 is 0.842 bits per heavy atom. The van der Waals surface area contributed by atoms with Crippen LogP contribution in [-0.2, 0) is 6.18 Å². The Kier molecular flexibility index (Phi) is 3.48. The van der Waals surface area contributed by atoms with Gasteiger partial charge in [0.15, 0.2) is 0 Å². The molecule has 0 aliphatic rings. The highest BCUT2D eigenvalue weighted by molar-refractivity contribution is 5.45. The molecule has 0 aliphatic heterocycles. The van der Waals surface area contributed by atoms with E-state index in [-0.39, 0.29) is 5.75 Å². The minimum absolute atomic E-state index is 0.0965. The lowest BCUT2D eigenvalue weighted by Crippen LogP contribution is -2.04. The number of rotatable bonds is 0. The molecule has 1 N–H and O–H groups in total. The van der Waals surface area contributed by atoms with Crippen LogP contribution in [0.1, 0.15) is 16.7 Å². The molecule has 1 nitrogen and oxygen atoms in total. The van der Waals surface area contributed by atoms with Gasteiger partial charge in [-0.3, -0.25) is 0 Å². The molecule has 0 atom stereocenters. The van der Waals surface area contributed by atoms with Crippen LogP contribution in [0.25, 0.3) is 0 Å². The van der Waals surface area contributed by atoms with Crippen LogP contribution in [-0.4, -0.2) is 5.11 Å². The number of phenols is 1. The first-order valence-electron chi connectivity index (χ1n) is 5.43. The van der Waals surface area contributed by atoms with E-state index < -0.39 is 11.7 Å². The fourth-order valence-electron chi connectivity index (χ4n) is 1.47. The lowest BCUT2D eigenvalue weighted by molar-refractivity contribution is -0.137. The summed E-state index contributed by atoms with van der Waals surface area (Å²) in [5.74, 6) is 5.60. The molecule has 0 amide bonds. The SMILES string of the molecule is Oc1cccc(C#Cc2ccc(C(F)(F)F)cc2)c1. The van der Waals surface area contributed by atoms with Gasteiger partial charge in [-0.15, -0.1) is 0 Å². The number of hydrogen-bond donors (Lipinski definition) is 1. The highest BCUT2D eigenvalue weighted by Crippen LogP contribution is 2.28. The Morgan fingerprint density at radius 2 is 1.47 bits per heavy atom. The van der Waals surface area contributed by atoms with Gasteiger partial charge in [-0.2, -0.15) is 13.2 Å². The summed E-state index contributed by atoms with van der Waals surface area (Å²) in [5, 5.41) is 9.24. The van der Waals surface area contributed by atoms with Crippen LogP contribution in [0.15, 0.2) is 48.5 Å². The Morgan fingerprint density at radius 3 is 2.05 bits per heavy atom. The van der Waals surface area contributed by atoms with Crippen LogP contribution >= 0.6 is 0 Å². The minimum atomic E-state index is -4.34. The number of phenolic OH excluding ortho intramolecular Hbond substituents is 1. The molecule has 2 aromatic rings. The second-order valence-electron chi connectivity index (χ2n) is 3.88. The predicted molar refractivity (Wildman–Crippen MR) is 65.5 cm³/mol. The van der Waals surface area contributed by atoms with Crippen LogP contribution in [0.2, 0.25) is 0 Å². The summed E-state index contributed by atoms with van der Waals surface area (Å²) >= 11 is 0. The number of alkyl halides is 3. The van der Waals surface area contributed by atoms with Crippen LogP contribution in [0.4, 0.5) is 13.2 Å². The Bertz CT molecular complexity index is 631. The second-order valence-corrected chi connectivity index (χ2v) is 3.88. The summed E-state index contributed by atoms with van der Waals surface area (Å²) in [6, 6.07) is 11.0. The van der Waals surface area contributed by atoms with E-state index in [0.717, 1.165) is 12.1 Å². The summed E-state index contributed by atoms with van der Waals surface area (Å²) in [6.45, 7) is 0. The van der Waals surface area contributed by atoms with Crippen molar-refractivity contribution in [1.29, 1.82) is 0 Å². The van der Waals surface area contributed by atoms with E-state index in [4.69, 9.17) is 0 Å². The predicted octanol–water partition coefficient (Wildman–Crippen LogP) is 3.81. The summed E-state index contributed by atoms with van der Waals surface area (Å²) < 4.78 is 37.1. The van der Waals surface area contributed by atoms with Crippen molar-refractivity contribution in [3.63, 3.8) is 0 Å². The first-order valence-corrected chi connectivity index (χ1v) is 5.43. The number of aromatic hydroxyl groups is 1. The molecule has 0 heterocycles. The maximum absolute atomic E-state index is 12.4. The van der Waals surface area contributed by atoms with Gasteiger partial charge in [-0.05, 0) is 42.5 Å². The van der Waals surface area contributed by atoms with Crippen LogP contribution in [0.5, 0.6) is 5.75 Å². The van der Waals surface area contributed by atoms with Crippen molar-refractivity contribution >= 4 is 0 Å². The molecular weight excluding hydrogens is 253 g/mol. The molecule has 0 saturated carbocycles. The largest absolute Gasteiger partial charge is 0.508 e. The number of hydrogen-bond acceptors (Lipinski definition) is 1. The standard InChI is InChI=1S/C15H9F3O/c16-15(17,18)13-8-6-11(7-9-13)4-5-12-2-1-3-14(19)10-12/h1-3,6-10,19H. The van der Waals surface area contributed by atoms with Gasteiger partial charge in [0.25, 0.3) is 0 Å². The highest BCUT2D eigenvalue weighted by atomic mass is 19.4. The van der Waals surface area contributed by atoms with Crippen LogP contribution in [0.3, 0.4) is 0 Å². The normalized spacial score (nSPS) is 10.7. The first-order chi connectivity index (χ1) is 8.95. The molecule has 19 heavy (non-hydrogen) atoms. The zero-order valence-corrected chi connectivity index (χ0v) is 9.70. The fraction of sp³-hybridized carbons (Fsp3) is 0.0667. The molecule has 2 aromatic carbocycles. The summed E-state index contributed by atoms with van der Waals surface area (Å²) in [6.07, 6.45) is -4.34. The molecule has 0 aliphatic carbocycles. The molecular formula is C15H9F3O. The molecule has 0 bridgehead atoms. The molecule has 96 valence electrons. The summed E-state index contributed by atoms with van der Waals surface area (Å²) in [7, 11) is 0. The van der Waals surface area contributed by atoms with Crippen molar-refractivity contribution in [3.05, 3.63) is 65.2 Å². The molecule has 4 heteroatoms.